The molecule has 10 heteroatoms. The van der Waals surface area contributed by atoms with Gasteiger partial charge in [-0.25, -0.2) is 8.42 Å². The molecule has 1 aromatic rings. The van der Waals surface area contributed by atoms with Crippen LogP contribution < -0.4 is 15.5 Å². The van der Waals surface area contributed by atoms with Crippen molar-refractivity contribution in [3.63, 3.8) is 0 Å². The summed E-state index contributed by atoms with van der Waals surface area (Å²) in [5.74, 6) is -0.753. The molecule has 0 saturated carbocycles. The molecule has 2 fully saturated rings. The molecule has 2 aliphatic rings. The zero-order valence-electron chi connectivity index (χ0n) is 18.8. The van der Waals surface area contributed by atoms with E-state index >= 15 is 0 Å². The van der Waals surface area contributed by atoms with Gasteiger partial charge in [-0.2, -0.15) is 4.31 Å². The van der Waals surface area contributed by atoms with Crippen molar-refractivity contribution in [2.45, 2.75) is 63.4 Å². The van der Waals surface area contributed by atoms with Crippen LogP contribution in [-0.4, -0.2) is 62.2 Å². The van der Waals surface area contributed by atoms with E-state index in [2.05, 4.69) is 10.6 Å². The smallest absolute Gasteiger partial charge is 0.243 e. The Morgan fingerprint density at radius 3 is 2.16 bits per heavy atom. The summed E-state index contributed by atoms with van der Waals surface area (Å²) in [7, 11) is -3.68. The maximum atomic E-state index is 13.0. The minimum Gasteiger partial charge on any atom is -0.352 e. The second-order valence-electron chi connectivity index (χ2n) is 8.71. The molecule has 1 aromatic carbocycles. The van der Waals surface area contributed by atoms with Crippen LogP contribution in [0.4, 0.5) is 5.69 Å². The van der Waals surface area contributed by atoms with Crippen LogP contribution in [0.15, 0.2) is 29.2 Å². The zero-order valence-corrected chi connectivity index (χ0v) is 19.7. The number of carbonyl (C=O) groups is 3. The minimum atomic E-state index is -3.68. The van der Waals surface area contributed by atoms with Gasteiger partial charge in [0.1, 0.15) is 6.04 Å². The number of sulfonamides is 1. The van der Waals surface area contributed by atoms with E-state index in [1.54, 1.807) is 24.0 Å². The lowest BCUT2D eigenvalue weighted by molar-refractivity contribution is -0.131. The summed E-state index contributed by atoms with van der Waals surface area (Å²) < 4.78 is 27.4. The second kappa shape index (κ2) is 9.99. The van der Waals surface area contributed by atoms with Crippen molar-refractivity contribution in [2.75, 3.05) is 24.5 Å². The van der Waals surface area contributed by atoms with E-state index < -0.39 is 16.1 Å². The molecular weight excluding hydrogens is 432 g/mol. The molecule has 2 aliphatic heterocycles. The second-order valence-corrected chi connectivity index (χ2v) is 10.7. The van der Waals surface area contributed by atoms with Gasteiger partial charge in [-0.1, -0.05) is 0 Å². The topological polar surface area (TPSA) is 116 Å². The number of piperidine rings is 1. The third-order valence-electron chi connectivity index (χ3n) is 5.87. The summed E-state index contributed by atoms with van der Waals surface area (Å²) >= 11 is 0. The first kappa shape index (κ1) is 24.2. The summed E-state index contributed by atoms with van der Waals surface area (Å²) in [6.07, 6.45) is 2.11. The highest BCUT2D eigenvalue weighted by molar-refractivity contribution is 7.89. The number of amides is 3. The number of nitrogens with zero attached hydrogens (tertiary/aromatic N) is 2. The first-order chi connectivity index (χ1) is 15.1. The summed E-state index contributed by atoms with van der Waals surface area (Å²) in [4.78, 5) is 38.3. The number of hydrogen-bond donors (Lipinski definition) is 2. The standard InChI is InChI=1S/C22H32N4O5S/c1-15(2)23-21(28)16(3)24-22(29)17-10-13-25(14-11-17)32(30,31)19-8-6-18(7-9-19)26-12-4-5-20(26)27/h6-9,15-17H,4-5,10-14H2,1-3H3,(H,23,28)(H,24,29)/t16-/m0/s1. The summed E-state index contributed by atoms with van der Waals surface area (Å²) in [5.41, 5.74) is 0.706. The minimum absolute atomic E-state index is 0.0137. The van der Waals surface area contributed by atoms with Crippen LogP contribution >= 0.6 is 0 Å². The lowest BCUT2D eigenvalue weighted by Gasteiger charge is -2.31. The van der Waals surface area contributed by atoms with Crippen LogP contribution in [0.1, 0.15) is 46.5 Å². The molecule has 0 aromatic heterocycles. The third-order valence-corrected chi connectivity index (χ3v) is 7.78. The van der Waals surface area contributed by atoms with Gasteiger partial charge in [0.15, 0.2) is 0 Å². The van der Waals surface area contributed by atoms with Crippen LogP contribution in [0.3, 0.4) is 0 Å². The molecule has 0 spiro atoms. The lowest BCUT2D eigenvalue weighted by Crippen LogP contribution is -2.50. The molecule has 0 radical (unpaired) electrons. The molecule has 176 valence electrons. The van der Waals surface area contributed by atoms with E-state index in [1.165, 1.54) is 16.4 Å². The number of hydrogen-bond acceptors (Lipinski definition) is 5. The van der Waals surface area contributed by atoms with Crippen molar-refractivity contribution in [3.05, 3.63) is 24.3 Å². The summed E-state index contributed by atoms with van der Waals surface area (Å²) in [6.45, 7) is 6.45. The normalized spacial score (nSPS) is 19.2. The Labute approximate surface area is 189 Å². The number of nitrogens with one attached hydrogen (secondary N) is 2. The van der Waals surface area contributed by atoms with Crippen molar-refractivity contribution in [3.8, 4) is 0 Å². The molecule has 0 unspecified atom stereocenters. The van der Waals surface area contributed by atoms with Gasteiger partial charge in [-0.15, -0.1) is 0 Å². The van der Waals surface area contributed by atoms with Gasteiger partial charge in [-0.05, 0) is 64.3 Å². The molecule has 2 saturated heterocycles. The van der Waals surface area contributed by atoms with Crippen LogP contribution in [-0.2, 0) is 24.4 Å². The quantitative estimate of drug-likeness (QED) is 0.630. The highest BCUT2D eigenvalue weighted by atomic mass is 32.2. The van der Waals surface area contributed by atoms with Crippen LogP contribution in [0.5, 0.6) is 0 Å². The average Bonchev–Trinajstić information content (AvgIpc) is 3.19. The number of rotatable bonds is 7. The fourth-order valence-corrected chi connectivity index (χ4v) is 5.50. The predicted octanol–water partition coefficient (Wildman–Crippen LogP) is 1.24. The highest BCUT2D eigenvalue weighted by Crippen LogP contribution is 2.27. The van der Waals surface area contributed by atoms with Gasteiger partial charge in [0.05, 0.1) is 4.90 Å². The van der Waals surface area contributed by atoms with Crippen molar-refractivity contribution in [1.82, 2.24) is 14.9 Å². The van der Waals surface area contributed by atoms with Crippen molar-refractivity contribution in [2.24, 2.45) is 5.92 Å². The molecule has 32 heavy (non-hydrogen) atoms. The van der Waals surface area contributed by atoms with Crippen molar-refractivity contribution >= 4 is 33.4 Å². The largest absolute Gasteiger partial charge is 0.352 e. The number of benzene rings is 1. The van der Waals surface area contributed by atoms with Gasteiger partial charge in [0, 0.05) is 43.7 Å². The molecule has 1 atom stereocenters. The molecular formula is C22H32N4O5S. The molecule has 0 aliphatic carbocycles. The fraction of sp³-hybridized carbons (Fsp3) is 0.591. The van der Waals surface area contributed by atoms with Crippen molar-refractivity contribution in [1.29, 1.82) is 0 Å². The Morgan fingerprint density at radius 2 is 1.62 bits per heavy atom. The van der Waals surface area contributed by atoms with Gasteiger partial charge < -0.3 is 15.5 Å². The maximum Gasteiger partial charge on any atom is 0.243 e. The average molecular weight is 465 g/mol. The van der Waals surface area contributed by atoms with E-state index in [1.807, 2.05) is 13.8 Å². The van der Waals surface area contributed by atoms with E-state index in [0.717, 1.165) is 6.42 Å². The van der Waals surface area contributed by atoms with Gasteiger partial charge >= 0.3 is 0 Å². The predicted molar refractivity (Wildman–Crippen MR) is 120 cm³/mol. The monoisotopic (exact) mass is 464 g/mol. The first-order valence-corrected chi connectivity index (χ1v) is 12.5. The van der Waals surface area contributed by atoms with Gasteiger partial charge in [0.25, 0.3) is 0 Å². The van der Waals surface area contributed by atoms with E-state index in [-0.39, 0.29) is 47.7 Å². The molecule has 3 amide bonds. The van der Waals surface area contributed by atoms with E-state index in [9.17, 15) is 22.8 Å². The SMILES string of the molecule is CC(C)NC(=O)[C@H](C)NC(=O)C1CCN(S(=O)(=O)c2ccc(N3CCCC3=O)cc2)CC1. The van der Waals surface area contributed by atoms with Crippen LogP contribution in [0, 0.1) is 5.92 Å². The molecule has 2 heterocycles. The fourth-order valence-electron chi connectivity index (χ4n) is 4.03. The van der Waals surface area contributed by atoms with Gasteiger partial charge in [-0.3, -0.25) is 14.4 Å². The molecule has 3 rings (SSSR count). The summed E-state index contributed by atoms with van der Waals surface area (Å²) in [6, 6.07) is 5.74. The van der Waals surface area contributed by atoms with E-state index in [0.29, 0.717) is 31.5 Å². The molecule has 0 bridgehead atoms. The first-order valence-electron chi connectivity index (χ1n) is 11.1. The third kappa shape index (κ3) is 5.47. The maximum absolute atomic E-state index is 13.0. The van der Waals surface area contributed by atoms with E-state index in [4.69, 9.17) is 0 Å². The Bertz CT molecular complexity index is 953. The molecule has 2 N–H and O–H groups in total. The Balaban J connectivity index is 1.56. The lowest BCUT2D eigenvalue weighted by atomic mass is 9.97. The molecule has 9 nitrogen and oxygen atoms in total. The summed E-state index contributed by atoms with van der Waals surface area (Å²) in [5, 5.41) is 5.48. The van der Waals surface area contributed by atoms with Gasteiger partial charge in [0.2, 0.25) is 27.7 Å². The number of anilines is 1. The zero-order chi connectivity index (χ0) is 23.5. The Hall–Kier alpha value is -2.46. The Kier molecular flexibility index (Phi) is 7.55. The Morgan fingerprint density at radius 1 is 1.00 bits per heavy atom. The highest BCUT2D eigenvalue weighted by Gasteiger charge is 2.33. The van der Waals surface area contributed by atoms with Crippen LogP contribution in [0.2, 0.25) is 0 Å². The number of carbonyl (C=O) groups excluding carboxylic acids is 3. The van der Waals surface area contributed by atoms with Crippen LogP contribution in [0.25, 0.3) is 0 Å². The van der Waals surface area contributed by atoms with Crippen molar-refractivity contribution < 1.29 is 22.8 Å².